The van der Waals surface area contributed by atoms with E-state index in [1.165, 1.54) is 0 Å². The van der Waals surface area contributed by atoms with Crippen molar-refractivity contribution in [1.29, 1.82) is 0 Å². The van der Waals surface area contributed by atoms with Gasteiger partial charge in [-0.25, -0.2) is 4.79 Å². The summed E-state index contributed by atoms with van der Waals surface area (Å²) in [4.78, 5) is 23.3. The Bertz CT molecular complexity index is 738. The quantitative estimate of drug-likeness (QED) is 0.658. The maximum absolute atomic E-state index is 11.7. The Kier molecular flexibility index (Phi) is 7.73. The van der Waals surface area contributed by atoms with Crippen molar-refractivity contribution in [2.24, 2.45) is 0 Å². The van der Waals surface area contributed by atoms with Crippen LogP contribution in [0.4, 0.5) is 4.79 Å². The molecule has 0 aliphatic heterocycles. The van der Waals surface area contributed by atoms with Gasteiger partial charge >= 0.3 is 6.03 Å². The van der Waals surface area contributed by atoms with E-state index in [1.54, 1.807) is 24.3 Å². The smallest absolute Gasteiger partial charge is 0.321 e. The highest BCUT2D eigenvalue weighted by Gasteiger charge is 2.13. The van der Waals surface area contributed by atoms with Gasteiger partial charge < -0.3 is 14.5 Å². The number of carbonyl (C=O) groups excluding carboxylic acids is 2. The maximum Gasteiger partial charge on any atom is 0.321 e. The molecule has 1 heterocycles. The summed E-state index contributed by atoms with van der Waals surface area (Å²) < 4.78 is 10.9. The third kappa shape index (κ3) is 6.93. The molecule has 2 aromatic rings. The van der Waals surface area contributed by atoms with Crippen molar-refractivity contribution in [1.82, 2.24) is 20.8 Å². The number of rotatable bonds is 8. The number of hydrogen-bond acceptors (Lipinski definition) is 7. The van der Waals surface area contributed by atoms with Crippen molar-refractivity contribution in [2.75, 3.05) is 5.75 Å². The van der Waals surface area contributed by atoms with E-state index < -0.39 is 11.9 Å². The Hall–Kier alpha value is -2.26. The number of nitrogens with zero attached hydrogens (tertiary/aromatic N) is 2. The highest BCUT2D eigenvalue weighted by atomic mass is 35.5. The number of hydrogen-bond donors (Lipinski definition) is 2. The van der Waals surface area contributed by atoms with Gasteiger partial charge in [-0.2, -0.15) is 0 Å². The molecule has 0 radical (unpaired) electrons. The van der Waals surface area contributed by atoms with Crippen LogP contribution in [0, 0.1) is 0 Å². The first kappa shape index (κ1) is 20.1. The number of nitrogens with one attached hydrogen (secondary N) is 2. The second-order valence-electron chi connectivity index (χ2n) is 5.32. The molecule has 1 atom stereocenters. The number of aromatic nitrogens is 2. The lowest BCUT2D eigenvalue weighted by atomic mass is 10.3. The molecule has 8 nitrogen and oxygen atoms in total. The van der Waals surface area contributed by atoms with E-state index in [0.717, 1.165) is 18.2 Å². The number of thioether (sulfide) groups is 1. The van der Waals surface area contributed by atoms with Gasteiger partial charge in [0.05, 0.1) is 5.75 Å². The third-order valence-corrected chi connectivity index (χ3v) is 4.26. The van der Waals surface area contributed by atoms with Crippen molar-refractivity contribution in [3.05, 3.63) is 35.2 Å². The highest BCUT2D eigenvalue weighted by Crippen LogP contribution is 2.19. The Balaban J connectivity index is 1.73. The maximum atomic E-state index is 11.7. The molecule has 0 aliphatic carbocycles. The molecule has 0 saturated heterocycles. The minimum atomic E-state index is -0.521. The van der Waals surface area contributed by atoms with Crippen LogP contribution in [-0.4, -0.2) is 33.9 Å². The number of ether oxygens (including phenoxy) is 1. The Morgan fingerprint density at radius 1 is 1.31 bits per heavy atom. The zero-order valence-corrected chi connectivity index (χ0v) is 15.9. The van der Waals surface area contributed by atoms with E-state index in [1.807, 2.05) is 13.8 Å². The average molecular weight is 399 g/mol. The SMILES string of the molecule is CC[C@H](C)NC(=O)NC(=O)CSc1nnc(COc2ccc(Cl)cc2)o1. The van der Waals surface area contributed by atoms with Gasteiger partial charge in [0.25, 0.3) is 11.1 Å². The van der Waals surface area contributed by atoms with Crippen LogP contribution in [0.1, 0.15) is 26.2 Å². The van der Waals surface area contributed by atoms with Crippen LogP contribution in [0.5, 0.6) is 5.75 Å². The summed E-state index contributed by atoms with van der Waals surface area (Å²) in [5, 5.41) is 13.4. The summed E-state index contributed by atoms with van der Waals surface area (Å²) in [5.74, 6) is 0.423. The first-order chi connectivity index (χ1) is 12.5. The van der Waals surface area contributed by atoms with Gasteiger partial charge in [-0.1, -0.05) is 30.3 Å². The fourth-order valence-corrected chi connectivity index (χ4v) is 2.39. The molecule has 10 heteroatoms. The average Bonchev–Trinajstić information content (AvgIpc) is 3.07. The van der Waals surface area contributed by atoms with Crippen molar-refractivity contribution < 1.29 is 18.7 Å². The van der Waals surface area contributed by atoms with Gasteiger partial charge in [-0.15, -0.1) is 10.2 Å². The van der Waals surface area contributed by atoms with Crippen LogP contribution < -0.4 is 15.4 Å². The van der Waals surface area contributed by atoms with Gasteiger partial charge in [0.2, 0.25) is 5.91 Å². The topological polar surface area (TPSA) is 106 Å². The molecule has 26 heavy (non-hydrogen) atoms. The molecule has 0 unspecified atom stereocenters. The van der Waals surface area contributed by atoms with E-state index in [4.69, 9.17) is 20.8 Å². The molecule has 0 aliphatic rings. The number of imide groups is 1. The van der Waals surface area contributed by atoms with Crippen molar-refractivity contribution in [2.45, 2.75) is 38.1 Å². The molecule has 1 aromatic carbocycles. The third-order valence-electron chi connectivity index (χ3n) is 3.19. The van der Waals surface area contributed by atoms with E-state index in [-0.39, 0.29) is 29.5 Å². The standard InChI is InChI=1S/C16H19ClN4O4S/c1-3-10(2)18-15(23)19-13(22)9-26-16-21-20-14(25-16)8-24-12-6-4-11(17)5-7-12/h4-7,10H,3,8-9H2,1-2H3,(H2,18,19,22,23)/t10-/m0/s1. The predicted molar refractivity (Wildman–Crippen MR) is 97.2 cm³/mol. The van der Waals surface area contributed by atoms with Gasteiger partial charge in [-0.05, 0) is 37.6 Å². The summed E-state index contributed by atoms with van der Waals surface area (Å²) in [6.07, 6.45) is 0.777. The van der Waals surface area contributed by atoms with Gasteiger partial charge in [-0.3, -0.25) is 10.1 Å². The summed E-state index contributed by atoms with van der Waals surface area (Å²) in [7, 11) is 0. The minimum Gasteiger partial charge on any atom is -0.484 e. The zero-order chi connectivity index (χ0) is 18.9. The summed E-state index contributed by atoms with van der Waals surface area (Å²) in [6, 6.07) is 6.35. The number of halogens is 1. The Labute approximate surface area is 160 Å². The van der Waals surface area contributed by atoms with E-state index in [2.05, 4.69) is 20.8 Å². The first-order valence-corrected chi connectivity index (χ1v) is 9.26. The van der Waals surface area contributed by atoms with Gasteiger partial charge in [0, 0.05) is 11.1 Å². The van der Waals surface area contributed by atoms with Crippen LogP contribution in [0.2, 0.25) is 5.02 Å². The Morgan fingerprint density at radius 3 is 2.73 bits per heavy atom. The number of carbonyl (C=O) groups is 2. The number of urea groups is 1. The summed E-state index contributed by atoms with van der Waals surface area (Å²) in [5.41, 5.74) is 0. The molecular weight excluding hydrogens is 380 g/mol. The monoisotopic (exact) mass is 398 g/mol. The molecule has 1 aromatic heterocycles. The first-order valence-electron chi connectivity index (χ1n) is 7.90. The lowest BCUT2D eigenvalue weighted by Gasteiger charge is -2.11. The molecule has 2 N–H and O–H groups in total. The molecule has 0 saturated carbocycles. The molecular formula is C16H19ClN4O4S. The molecule has 0 bridgehead atoms. The van der Waals surface area contributed by atoms with Crippen molar-refractivity contribution >= 4 is 35.3 Å². The number of amides is 3. The van der Waals surface area contributed by atoms with E-state index in [0.29, 0.717) is 10.8 Å². The van der Waals surface area contributed by atoms with Crippen molar-refractivity contribution in [3.8, 4) is 5.75 Å². The minimum absolute atomic E-state index is 0.00501. The molecule has 0 fully saturated rings. The second-order valence-corrected chi connectivity index (χ2v) is 6.69. The molecule has 140 valence electrons. The Morgan fingerprint density at radius 2 is 2.04 bits per heavy atom. The van der Waals surface area contributed by atoms with Crippen LogP contribution in [0.25, 0.3) is 0 Å². The summed E-state index contributed by atoms with van der Waals surface area (Å²) >= 11 is 6.83. The van der Waals surface area contributed by atoms with Gasteiger partial charge in [0.1, 0.15) is 5.75 Å². The zero-order valence-electron chi connectivity index (χ0n) is 14.3. The van der Waals surface area contributed by atoms with Crippen LogP contribution in [0.3, 0.4) is 0 Å². The molecule has 3 amide bonds. The fraction of sp³-hybridized carbons (Fsp3) is 0.375. The summed E-state index contributed by atoms with van der Waals surface area (Å²) in [6.45, 7) is 3.88. The normalized spacial score (nSPS) is 11.7. The van der Waals surface area contributed by atoms with Crippen LogP contribution >= 0.6 is 23.4 Å². The molecule has 2 rings (SSSR count). The highest BCUT2D eigenvalue weighted by molar-refractivity contribution is 7.99. The largest absolute Gasteiger partial charge is 0.484 e. The fourth-order valence-electron chi connectivity index (χ4n) is 1.68. The lowest BCUT2D eigenvalue weighted by Crippen LogP contribution is -2.43. The van der Waals surface area contributed by atoms with Crippen LogP contribution in [-0.2, 0) is 11.4 Å². The second kappa shape index (κ2) is 10.0. The molecule has 0 spiro atoms. The number of benzene rings is 1. The lowest BCUT2D eigenvalue weighted by molar-refractivity contribution is -0.117. The van der Waals surface area contributed by atoms with Crippen molar-refractivity contribution in [3.63, 3.8) is 0 Å². The predicted octanol–water partition coefficient (Wildman–Crippen LogP) is 3.02. The van der Waals surface area contributed by atoms with Gasteiger partial charge in [0.15, 0.2) is 6.61 Å². The van der Waals surface area contributed by atoms with E-state index in [9.17, 15) is 9.59 Å². The van der Waals surface area contributed by atoms with Crippen LogP contribution in [0.15, 0.2) is 33.9 Å². The van der Waals surface area contributed by atoms with E-state index >= 15 is 0 Å².